The van der Waals surface area contributed by atoms with Crippen LogP contribution in [0.1, 0.15) is 42.1 Å². The molecule has 0 spiro atoms. The Bertz CT molecular complexity index is 380. The highest BCUT2D eigenvalue weighted by Crippen LogP contribution is 2.17. The number of furan rings is 1. The number of rotatable bonds is 4. The van der Waals surface area contributed by atoms with Gasteiger partial charge >= 0.3 is 0 Å². The minimum Gasteiger partial charge on any atom is -0.466 e. The molecule has 0 aromatic carbocycles. The van der Waals surface area contributed by atoms with E-state index in [0.717, 1.165) is 17.5 Å². The van der Waals surface area contributed by atoms with Gasteiger partial charge in [-0.15, -0.1) is 0 Å². The van der Waals surface area contributed by atoms with Crippen molar-refractivity contribution in [2.24, 2.45) is 0 Å². The third kappa shape index (κ3) is 2.88. The summed E-state index contributed by atoms with van der Waals surface area (Å²) in [6.07, 6.45) is 0.875. The number of hydrogen-bond acceptors (Lipinski definition) is 2. The van der Waals surface area contributed by atoms with Gasteiger partial charge < -0.3 is 9.73 Å². The maximum atomic E-state index is 12.0. The highest BCUT2D eigenvalue weighted by atomic mass is 79.9. The summed E-state index contributed by atoms with van der Waals surface area (Å²) < 4.78 is 5.34. The summed E-state index contributed by atoms with van der Waals surface area (Å²) in [4.78, 5) is 12.0. The van der Waals surface area contributed by atoms with Crippen molar-refractivity contribution in [2.75, 3.05) is 5.33 Å². The number of alkyl halides is 1. The fourth-order valence-corrected chi connectivity index (χ4v) is 1.95. The first-order chi connectivity index (χ1) is 7.41. The van der Waals surface area contributed by atoms with Gasteiger partial charge in [0.25, 0.3) is 5.91 Å². The second-order valence-corrected chi connectivity index (χ2v) is 4.89. The highest BCUT2D eigenvalue weighted by Gasteiger charge is 2.25. The summed E-state index contributed by atoms with van der Waals surface area (Å²) in [6, 6.07) is 1.77. The standard InChI is InChI=1S/C12H18BrNO2/c1-5-12(4,7-13)14-11(15)10-6-8(2)16-9(10)3/h6H,5,7H2,1-4H3,(H,14,15). The summed E-state index contributed by atoms with van der Waals surface area (Å²) >= 11 is 3.42. The number of halogens is 1. The van der Waals surface area contributed by atoms with Crippen LogP contribution < -0.4 is 5.32 Å². The summed E-state index contributed by atoms with van der Waals surface area (Å²) in [6.45, 7) is 7.71. The number of aryl methyl sites for hydroxylation is 2. The van der Waals surface area contributed by atoms with Gasteiger partial charge in [-0.05, 0) is 33.3 Å². The lowest BCUT2D eigenvalue weighted by atomic mass is 10.0. The van der Waals surface area contributed by atoms with Gasteiger partial charge in [-0.25, -0.2) is 0 Å². The van der Waals surface area contributed by atoms with Crippen LogP contribution in [-0.4, -0.2) is 16.8 Å². The molecule has 1 N–H and O–H groups in total. The molecule has 0 bridgehead atoms. The van der Waals surface area contributed by atoms with Crippen LogP contribution in [0.2, 0.25) is 0 Å². The number of carbonyl (C=O) groups excluding carboxylic acids is 1. The van der Waals surface area contributed by atoms with E-state index in [0.29, 0.717) is 11.3 Å². The molecule has 0 radical (unpaired) electrons. The Kier molecular flexibility index (Phi) is 4.19. The molecule has 0 aliphatic rings. The second kappa shape index (κ2) is 5.04. The van der Waals surface area contributed by atoms with Crippen LogP contribution in [0, 0.1) is 13.8 Å². The Balaban J connectivity index is 2.84. The molecule has 16 heavy (non-hydrogen) atoms. The fraction of sp³-hybridized carbons (Fsp3) is 0.583. The van der Waals surface area contributed by atoms with Gasteiger partial charge in [-0.3, -0.25) is 4.79 Å². The van der Waals surface area contributed by atoms with Crippen LogP contribution in [0.3, 0.4) is 0 Å². The van der Waals surface area contributed by atoms with Gasteiger partial charge in [0.1, 0.15) is 11.5 Å². The Morgan fingerprint density at radius 3 is 2.56 bits per heavy atom. The van der Waals surface area contributed by atoms with Gasteiger partial charge in [-0.2, -0.15) is 0 Å². The molecule has 1 atom stereocenters. The first-order valence-electron chi connectivity index (χ1n) is 5.37. The summed E-state index contributed by atoms with van der Waals surface area (Å²) in [5.74, 6) is 1.36. The van der Waals surface area contributed by atoms with Crippen LogP contribution in [0.15, 0.2) is 10.5 Å². The van der Waals surface area contributed by atoms with Crippen molar-refractivity contribution in [3.8, 4) is 0 Å². The van der Waals surface area contributed by atoms with E-state index in [2.05, 4.69) is 28.2 Å². The zero-order chi connectivity index (χ0) is 12.3. The summed E-state index contributed by atoms with van der Waals surface area (Å²) in [5, 5.41) is 3.75. The minimum absolute atomic E-state index is 0.0712. The van der Waals surface area contributed by atoms with E-state index in [-0.39, 0.29) is 11.4 Å². The molecule has 1 heterocycles. The molecule has 1 unspecified atom stereocenters. The molecule has 0 aliphatic carbocycles. The average molecular weight is 288 g/mol. The second-order valence-electron chi connectivity index (χ2n) is 4.33. The molecule has 0 aliphatic heterocycles. The molecule has 0 fully saturated rings. The van der Waals surface area contributed by atoms with E-state index in [9.17, 15) is 4.79 Å². The highest BCUT2D eigenvalue weighted by molar-refractivity contribution is 9.09. The van der Waals surface area contributed by atoms with Crippen LogP contribution in [-0.2, 0) is 0 Å². The molecular weight excluding hydrogens is 270 g/mol. The molecule has 90 valence electrons. The third-order valence-electron chi connectivity index (χ3n) is 2.78. The van der Waals surface area contributed by atoms with Crippen molar-refractivity contribution in [1.29, 1.82) is 0 Å². The topological polar surface area (TPSA) is 42.2 Å². The van der Waals surface area contributed by atoms with Gasteiger partial charge in [0.05, 0.1) is 5.56 Å². The van der Waals surface area contributed by atoms with Crippen molar-refractivity contribution in [3.63, 3.8) is 0 Å². The Hall–Kier alpha value is -0.770. The zero-order valence-electron chi connectivity index (χ0n) is 10.2. The van der Waals surface area contributed by atoms with Crippen molar-refractivity contribution in [3.05, 3.63) is 23.2 Å². The van der Waals surface area contributed by atoms with Gasteiger partial charge in [0.2, 0.25) is 0 Å². The average Bonchev–Trinajstić information content (AvgIpc) is 2.57. The normalized spacial score (nSPS) is 14.6. The van der Waals surface area contributed by atoms with E-state index in [1.54, 1.807) is 13.0 Å². The molecule has 0 saturated heterocycles. The van der Waals surface area contributed by atoms with E-state index in [4.69, 9.17) is 4.42 Å². The first-order valence-corrected chi connectivity index (χ1v) is 6.49. The van der Waals surface area contributed by atoms with E-state index in [1.165, 1.54) is 0 Å². The molecular formula is C12H18BrNO2. The van der Waals surface area contributed by atoms with Crippen molar-refractivity contribution >= 4 is 21.8 Å². The minimum atomic E-state index is -0.214. The Morgan fingerprint density at radius 2 is 2.19 bits per heavy atom. The molecule has 1 aromatic heterocycles. The molecule has 1 rings (SSSR count). The van der Waals surface area contributed by atoms with Crippen LogP contribution in [0.25, 0.3) is 0 Å². The molecule has 1 aromatic rings. The van der Waals surface area contributed by atoms with E-state index in [1.807, 2.05) is 13.8 Å². The monoisotopic (exact) mass is 287 g/mol. The van der Waals surface area contributed by atoms with E-state index < -0.39 is 0 Å². The van der Waals surface area contributed by atoms with Crippen molar-refractivity contribution in [1.82, 2.24) is 5.32 Å². The zero-order valence-corrected chi connectivity index (χ0v) is 11.8. The summed E-state index contributed by atoms with van der Waals surface area (Å²) in [5.41, 5.74) is 0.410. The Morgan fingerprint density at radius 1 is 1.56 bits per heavy atom. The van der Waals surface area contributed by atoms with Crippen molar-refractivity contribution < 1.29 is 9.21 Å². The molecule has 1 amide bonds. The lowest BCUT2D eigenvalue weighted by Gasteiger charge is -2.27. The lowest BCUT2D eigenvalue weighted by Crippen LogP contribution is -2.47. The quantitative estimate of drug-likeness (QED) is 0.865. The van der Waals surface area contributed by atoms with Gasteiger partial charge in [-0.1, -0.05) is 22.9 Å². The largest absolute Gasteiger partial charge is 0.466 e. The molecule has 4 heteroatoms. The van der Waals surface area contributed by atoms with Crippen molar-refractivity contribution in [2.45, 2.75) is 39.7 Å². The Labute approximate surface area is 105 Å². The fourth-order valence-electron chi connectivity index (χ4n) is 1.41. The van der Waals surface area contributed by atoms with Crippen LogP contribution in [0.5, 0.6) is 0 Å². The maximum Gasteiger partial charge on any atom is 0.255 e. The van der Waals surface area contributed by atoms with E-state index >= 15 is 0 Å². The number of carbonyl (C=O) groups is 1. The van der Waals surface area contributed by atoms with Gasteiger partial charge in [0, 0.05) is 10.9 Å². The maximum absolute atomic E-state index is 12.0. The SMILES string of the molecule is CCC(C)(CBr)NC(=O)c1cc(C)oc1C. The predicted octanol–water partition coefficient (Wildman–Crippen LogP) is 3.19. The number of amides is 1. The number of hydrogen-bond donors (Lipinski definition) is 1. The predicted molar refractivity (Wildman–Crippen MR) is 68.1 cm³/mol. The van der Waals surface area contributed by atoms with Gasteiger partial charge in [0.15, 0.2) is 0 Å². The van der Waals surface area contributed by atoms with Crippen LogP contribution >= 0.6 is 15.9 Å². The molecule has 3 nitrogen and oxygen atoms in total. The third-order valence-corrected chi connectivity index (χ3v) is 4.01. The number of nitrogens with one attached hydrogen (secondary N) is 1. The molecule has 0 saturated carbocycles. The van der Waals surface area contributed by atoms with Crippen LogP contribution in [0.4, 0.5) is 0 Å². The summed E-state index contributed by atoms with van der Waals surface area (Å²) in [7, 11) is 0. The smallest absolute Gasteiger partial charge is 0.255 e. The first kappa shape index (κ1) is 13.3. The lowest BCUT2D eigenvalue weighted by molar-refractivity contribution is 0.0912.